The van der Waals surface area contributed by atoms with Gasteiger partial charge in [0.25, 0.3) is 0 Å². The Morgan fingerprint density at radius 3 is 2.08 bits per heavy atom. The molecule has 0 saturated carbocycles. The molecule has 0 heterocycles. The van der Waals surface area contributed by atoms with Gasteiger partial charge in [0.15, 0.2) is 0 Å². The van der Waals surface area contributed by atoms with Gasteiger partial charge in [-0.1, -0.05) is 6.42 Å². The minimum absolute atomic E-state index is 0.245. The number of methoxy groups -OCH3 is 1. The average Bonchev–Trinajstić information content (AvgIpc) is 2.65. The molecule has 0 spiro atoms. The van der Waals surface area contributed by atoms with E-state index in [2.05, 4.69) is 0 Å². The average molecular weight is 344 g/mol. The van der Waals surface area contributed by atoms with Crippen molar-refractivity contribution in [2.24, 2.45) is 0 Å². The molecule has 0 unspecified atom stereocenters. The molecule has 0 aromatic heterocycles. The predicted octanol–water partition coefficient (Wildman–Crippen LogP) is 3.85. The van der Waals surface area contributed by atoms with Crippen LogP contribution in [0.1, 0.15) is 36.0 Å². The zero-order valence-corrected chi connectivity index (χ0v) is 14.4. The van der Waals surface area contributed by atoms with E-state index >= 15 is 0 Å². The molecular weight excluding hydrogens is 320 g/mol. The molecule has 0 amide bonds. The SMILES string of the molecule is COc1ccc(OC(=O)c2ccc(OCCCCCCO)cc2)cc1. The minimum Gasteiger partial charge on any atom is -0.497 e. The van der Waals surface area contributed by atoms with E-state index in [1.807, 2.05) is 0 Å². The van der Waals surface area contributed by atoms with Crippen molar-refractivity contribution in [1.29, 1.82) is 0 Å². The molecule has 0 bridgehead atoms. The topological polar surface area (TPSA) is 65.0 Å². The van der Waals surface area contributed by atoms with Crippen LogP contribution in [0.2, 0.25) is 0 Å². The molecule has 2 aromatic rings. The fourth-order valence-electron chi connectivity index (χ4n) is 2.25. The lowest BCUT2D eigenvalue weighted by molar-refractivity contribution is 0.0734. The number of carbonyl (C=O) groups excluding carboxylic acids is 1. The molecule has 2 aromatic carbocycles. The third kappa shape index (κ3) is 6.47. The number of ether oxygens (including phenoxy) is 3. The van der Waals surface area contributed by atoms with Crippen LogP contribution in [-0.2, 0) is 0 Å². The van der Waals surface area contributed by atoms with Crippen molar-refractivity contribution in [3.05, 3.63) is 54.1 Å². The molecule has 0 aliphatic heterocycles. The van der Waals surface area contributed by atoms with Crippen LogP contribution in [0.5, 0.6) is 17.2 Å². The molecular formula is C20H24O5. The molecule has 0 saturated heterocycles. The van der Waals surface area contributed by atoms with E-state index in [9.17, 15) is 4.79 Å². The van der Waals surface area contributed by atoms with E-state index in [0.717, 1.165) is 31.4 Å². The van der Waals surface area contributed by atoms with Crippen molar-refractivity contribution < 1.29 is 24.1 Å². The summed E-state index contributed by atoms with van der Waals surface area (Å²) in [5.74, 6) is 1.48. The second-order valence-electron chi connectivity index (χ2n) is 5.58. The van der Waals surface area contributed by atoms with Crippen molar-refractivity contribution in [2.45, 2.75) is 25.7 Å². The number of hydrogen-bond acceptors (Lipinski definition) is 5. The van der Waals surface area contributed by atoms with Gasteiger partial charge < -0.3 is 19.3 Å². The Hall–Kier alpha value is -2.53. The van der Waals surface area contributed by atoms with Gasteiger partial charge in [-0.3, -0.25) is 0 Å². The Balaban J connectivity index is 1.79. The van der Waals surface area contributed by atoms with Crippen LogP contribution in [0, 0.1) is 0 Å². The van der Waals surface area contributed by atoms with Crippen molar-refractivity contribution in [1.82, 2.24) is 0 Å². The van der Waals surface area contributed by atoms with E-state index in [-0.39, 0.29) is 6.61 Å². The maximum Gasteiger partial charge on any atom is 0.343 e. The highest BCUT2D eigenvalue weighted by atomic mass is 16.5. The van der Waals surface area contributed by atoms with E-state index in [4.69, 9.17) is 19.3 Å². The number of aliphatic hydroxyl groups excluding tert-OH is 1. The number of aliphatic hydroxyl groups is 1. The Morgan fingerprint density at radius 1 is 0.840 bits per heavy atom. The molecule has 0 fully saturated rings. The Labute approximate surface area is 148 Å². The maximum atomic E-state index is 12.1. The van der Waals surface area contributed by atoms with Crippen LogP contribution >= 0.6 is 0 Å². The number of rotatable bonds is 10. The first-order chi connectivity index (χ1) is 12.2. The third-order valence-corrected chi connectivity index (χ3v) is 3.68. The molecule has 0 atom stereocenters. The second-order valence-corrected chi connectivity index (χ2v) is 5.58. The van der Waals surface area contributed by atoms with Gasteiger partial charge in [-0.05, 0) is 67.8 Å². The largest absolute Gasteiger partial charge is 0.497 e. The molecule has 134 valence electrons. The van der Waals surface area contributed by atoms with Crippen molar-refractivity contribution in [3.8, 4) is 17.2 Å². The first-order valence-corrected chi connectivity index (χ1v) is 8.43. The molecule has 0 aliphatic rings. The number of hydrogen-bond donors (Lipinski definition) is 1. The van der Waals surface area contributed by atoms with Gasteiger partial charge in [0, 0.05) is 6.61 Å². The van der Waals surface area contributed by atoms with Gasteiger partial charge in [-0.25, -0.2) is 4.79 Å². The summed E-state index contributed by atoms with van der Waals surface area (Å²) in [5.41, 5.74) is 0.464. The fourth-order valence-corrected chi connectivity index (χ4v) is 2.25. The number of unbranched alkanes of at least 4 members (excludes halogenated alkanes) is 3. The van der Waals surface area contributed by atoms with Crippen molar-refractivity contribution in [3.63, 3.8) is 0 Å². The number of carbonyl (C=O) groups is 1. The zero-order chi connectivity index (χ0) is 17.9. The second kappa shape index (κ2) is 10.4. The summed E-state index contributed by atoms with van der Waals surface area (Å²) in [5, 5.41) is 8.71. The lowest BCUT2D eigenvalue weighted by Gasteiger charge is -2.08. The van der Waals surface area contributed by atoms with Crippen LogP contribution in [-0.4, -0.2) is 31.4 Å². The monoisotopic (exact) mass is 344 g/mol. The van der Waals surface area contributed by atoms with E-state index in [1.165, 1.54) is 0 Å². The summed E-state index contributed by atoms with van der Waals surface area (Å²) in [4.78, 5) is 12.1. The smallest absolute Gasteiger partial charge is 0.343 e. The first-order valence-electron chi connectivity index (χ1n) is 8.43. The summed E-state index contributed by atoms with van der Waals surface area (Å²) in [6.07, 6.45) is 3.83. The van der Waals surface area contributed by atoms with Gasteiger partial charge in [-0.2, -0.15) is 0 Å². The van der Waals surface area contributed by atoms with Crippen LogP contribution in [0.3, 0.4) is 0 Å². The number of benzene rings is 2. The number of esters is 1. The highest BCUT2D eigenvalue weighted by molar-refractivity contribution is 5.91. The molecule has 5 heteroatoms. The van der Waals surface area contributed by atoms with Crippen molar-refractivity contribution >= 4 is 5.97 Å². The first kappa shape index (κ1) is 18.8. The van der Waals surface area contributed by atoms with Crippen LogP contribution in [0.25, 0.3) is 0 Å². The van der Waals surface area contributed by atoms with Crippen LogP contribution in [0.15, 0.2) is 48.5 Å². The fraction of sp³-hybridized carbons (Fsp3) is 0.350. The third-order valence-electron chi connectivity index (χ3n) is 3.68. The summed E-state index contributed by atoms with van der Waals surface area (Å²) >= 11 is 0. The van der Waals surface area contributed by atoms with Gasteiger partial charge in [0.05, 0.1) is 19.3 Å². The van der Waals surface area contributed by atoms with Gasteiger partial charge in [0.1, 0.15) is 17.2 Å². The maximum absolute atomic E-state index is 12.1. The standard InChI is InChI=1S/C20H24O5/c1-23-17-10-12-19(13-11-17)25-20(22)16-6-8-18(9-7-16)24-15-5-3-2-4-14-21/h6-13,21H,2-5,14-15H2,1H3. The molecule has 1 N–H and O–H groups in total. The minimum atomic E-state index is -0.416. The molecule has 0 radical (unpaired) electrons. The highest BCUT2D eigenvalue weighted by Gasteiger charge is 2.09. The molecule has 2 rings (SSSR count). The predicted molar refractivity (Wildman–Crippen MR) is 95.4 cm³/mol. The zero-order valence-electron chi connectivity index (χ0n) is 14.4. The highest BCUT2D eigenvalue weighted by Crippen LogP contribution is 2.19. The Kier molecular flexibility index (Phi) is 7.79. The lowest BCUT2D eigenvalue weighted by atomic mass is 10.2. The normalized spacial score (nSPS) is 10.3. The summed E-state index contributed by atoms with van der Waals surface area (Å²) in [7, 11) is 1.58. The van der Waals surface area contributed by atoms with Gasteiger partial charge in [-0.15, -0.1) is 0 Å². The Morgan fingerprint density at radius 2 is 1.44 bits per heavy atom. The summed E-state index contributed by atoms with van der Waals surface area (Å²) in [6, 6.07) is 13.7. The van der Waals surface area contributed by atoms with Crippen LogP contribution in [0.4, 0.5) is 0 Å². The van der Waals surface area contributed by atoms with Gasteiger partial charge in [0.2, 0.25) is 0 Å². The van der Waals surface area contributed by atoms with E-state index in [0.29, 0.717) is 23.7 Å². The molecule has 25 heavy (non-hydrogen) atoms. The molecule has 0 aliphatic carbocycles. The van der Waals surface area contributed by atoms with E-state index in [1.54, 1.807) is 55.6 Å². The lowest BCUT2D eigenvalue weighted by Crippen LogP contribution is -2.08. The van der Waals surface area contributed by atoms with Crippen LogP contribution < -0.4 is 14.2 Å². The molecule has 5 nitrogen and oxygen atoms in total. The van der Waals surface area contributed by atoms with E-state index < -0.39 is 5.97 Å². The quantitative estimate of drug-likeness (QED) is 0.403. The Bertz CT molecular complexity index is 634. The van der Waals surface area contributed by atoms with Crippen molar-refractivity contribution in [2.75, 3.05) is 20.3 Å². The summed E-state index contributed by atoms with van der Waals surface area (Å²) in [6.45, 7) is 0.871. The van der Waals surface area contributed by atoms with Gasteiger partial charge >= 0.3 is 5.97 Å². The summed E-state index contributed by atoms with van der Waals surface area (Å²) < 4.78 is 16.0.